The summed E-state index contributed by atoms with van der Waals surface area (Å²) >= 11 is 0. The van der Waals surface area contributed by atoms with Gasteiger partial charge in [-0.2, -0.15) is 0 Å². The molecule has 2 heterocycles. The molecule has 0 bridgehead atoms. The molecule has 1 aromatic rings. The van der Waals surface area contributed by atoms with Gasteiger partial charge in [0.15, 0.2) is 0 Å². The first kappa shape index (κ1) is 12.7. The third kappa shape index (κ3) is 2.25. The molecule has 1 aliphatic rings. The van der Waals surface area contributed by atoms with Gasteiger partial charge in [0.1, 0.15) is 12.2 Å². The van der Waals surface area contributed by atoms with Crippen LogP contribution in [0.4, 0.5) is 0 Å². The second kappa shape index (κ2) is 4.48. The van der Waals surface area contributed by atoms with E-state index in [0.29, 0.717) is 12.1 Å². The standard InChI is InChI=1S/C13H17NO4/c1-13(2)5-3-6-14(13)12(17)9-4-7-18-10(9)8-11(15)16/h4,7H,3,5-6,8H2,1-2H3,(H,15,16). The van der Waals surface area contributed by atoms with Gasteiger partial charge in [-0.25, -0.2) is 0 Å². The van der Waals surface area contributed by atoms with Crippen molar-refractivity contribution in [1.82, 2.24) is 4.90 Å². The van der Waals surface area contributed by atoms with Crippen molar-refractivity contribution >= 4 is 11.9 Å². The number of amides is 1. The number of likely N-dealkylation sites (tertiary alicyclic amines) is 1. The number of hydrogen-bond acceptors (Lipinski definition) is 3. The van der Waals surface area contributed by atoms with Gasteiger partial charge in [0.25, 0.3) is 5.91 Å². The molecule has 0 spiro atoms. The van der Waals surface area contributed by atoms with Crippen LogP contribution in [0, 0.1) is 0 Å². The van der Waals surface area contributed by atoms with E-state index >= 15 is 0 Å². The fourth-order valence-corrected chi connectivity index (χ4v) is 2.43. The summed E-state index contributed by atoms with van der Waals surface area (Å²) in [6.45, 7) is 4.76. The fraction of sp³-hybridized carbons (Fsp3) is 0.538. The number of rotatable bonds is 3. The first-order chi connectivity index (χ1) is 8.42. The fourth-order valence-electron chi connectivity index (χ4n) is 2.43. The predicted molar refractivity (Wildman–Crippen MR) is 64.4 cm³/mol. The molecule has 0 aromatic carbocycles. The Balaban J connectivity index is 2.24. The van der Waals surface area contributed by atoms with Crippen LogP contribution in [0.25, 0.3) is 0 Å². The average molecular weight is 251 g/mol. The van der Waals surface area contributed by atoms with Gasteiger partial charge < -0.3 is 14.4 Å². The number of carboxylic acid groups (broad SMARTS) is 1. The van der Waals surface area contributed by atoms with E-state index in [-0.39, 0.29) is 23.6 Å². The summed E-state index contributed by atoms with van der Waals surface area (Å²) in [5.74, 6) is -0.905. The summed E-state index contributed by atoms with van der Waals surface area (Å²) in [4.78, 5) is 24.9. The van der Waals surface area contributed by atoms with Gasteiger partial charge in [0.2, 0.25) is 0 Å². The lowest BCUT2D eigenvalue weighted by atomic mass is 10.0. The maximum absolute atomic E-state index is 12.4. The maximum atomic E-state index is 12.4. The van der Waals surface area contributed by atoms with Crippen LogP contribution in [0.15, 0.2) is 16.7 Å². The molecule has 1 aromatic heterocycles. The van der Waals surface area contributed by atoms with Gasteiger partial charge in [-0.3, -0.25) is 9.59 Å². The van der Waals surface area contributed by atoms with Gasteiger partial charge in [-0.05, 0) is 32.8 Å². The summed E-state index contributed by atoms with van der Waals surface area (Å²) in [6, 6.07) is 1.55. The Morgan fingerprint density at radius 2 is 2.22 bits per heavy atom. The SMILES string of the molecule is CC1(C)CCCN1C(=O)c1ccoc1CC(=O)O. The largest absolute Gasteiger partial charge is 0.481 e. The Hall–Kier alpha value is -1.78. The molecule has 0 aliphatic carbocycles. The number of furan rings is 1. The number of carbonyl (C=O) groups is 2. The lowest BCUT2D eigenvalue weighted by Crippen LogP contribution is -2.42. The molecule has 1 amide bonds. The van der Waals surface area contributed by atoms with E-state index in [1.165, 1.54) is 6.26 Å². The van der Waals surface area contributed by atoms with Crippen LogP contribution in [0.2, 0.25) is 0 Å². The number of hydrogen-bond donors (Lipinski definition) is 1. The zero-order chi connectivity index (χ0) is 13.3. The Labute approximate surface area is 105 Å². The monoisotopic (exact) mass is 251 g/mol. The molecule has 0 unspecified atom stereocenters. The zero-order valence-corrected chi connectivity index (χ0v) is 10.6. The third-order valence-corrected chi connectivity index (χ3v) is 3.43. The van der Waals surface area contributed by atoms with E-state index in [1.54, 1.807) is 11.0 Å². The number of nitrogens with zero attached hydrogens (tertiary/aromatic N) is 1. The highest BCUT2D eigenvalue weighted by molar-refractivity contribution is 5.96. The molecule has 0 atom stereocenters. The van der Waals surface area contributed by atoms with Crippen molar-refractivity contribution in [2.75, 3.05) is 6.54 Å². The Bertz CT molecular complexity index is 475. The van der Waals surface area contributed by atoms with Crippen molar-refractivity contribution in [3.05, 3.63) is 23.7 Å². The minimum Gasteiger partial charge on any atom is -0.481 e. The lowest BCUT2D eigenvalue weighted by Gasteiger charge is -2.31. The smallest absolute Gasteiger partial charge is 0.311 e. The maximum Gasteiger partial charge on any atom is 0.311 e. The summed E-state index contributed by atoms with van der Waals surface area (Å²) < 4.78 is 5.10. The Kier molecular flexibility index (Phi) is 3.15. The van der Waals surface area contributed by atoms with Crippen molar-refractivity contribution in [2.45, 2.75) is 38.6 Å². The number of carboxylic acids is 1. The molecular formula is C13H17NO4. The van der Waals surface area contributed by atoms with E-state index in [9.17, 15) is 9.59 Å². The topological polar surface area (TPSA) is 70.8 Å². The molecule has 1 aliphatic heterocycles. The molecule has 5 nitrogen and oxygen atoms in total. The molecule has 1 saturated heterocycles. The van der Waals surface area contributed by atoms with Crippen LogP contribution in [-0.4, -0.2) is 34.0 Å². The summed E-state index contributed by atoms with van der Waals surface area (Å²) in [6.07, 6.45) is 3.05. The number of aliphatic carboxylic acids is 1. The zero-order valence-electron chi connectivity index (χ0n) is 10.6. The minimum absolute atomic E-state index is 0.137. The van der Waals surface area contributed by atoms with Crippen molar-refractivity contribution in [1.29, 1.82) is 0 Å². The van der Waals surface area contributed by atoms with Gasteiger partial charge >= 0.3 is 5.97 Å². The van der Waals surface area contributed by atoms with E-state index in [0.717, 1.165) is 12.8 Å². The van der Waals surface area contributed by atoms with Gasteiger partial charge in [-0.15, -0.1) is 0 Å². The van der Waals surface area contributed by atoms with Crippen LogP contribution >= 0.6 is 0 Å². The highest BCUT2D eigenvalue weighted by atomic mass is 16.4. The molecule has 5 heteroatoms. The quantitative estimate of drug-likeness (QED) is 0.891. The van der Waals surface area contributed by atoms with E-state index in [4.69, 9.17) is 9.52 Å². The van der Waals surface area contributed by atoms with Crippen molar-refractivity contribution in [2.24, 2.45) is 0 Å². The first-order valence-electron chi connectivity index (χ1n) is 6.02. The normalized spacial score (nSPS) is 18.0. The average Bonchev–Trinajstić information content (AvgIpc) is 2.82. The third-order valence-electron chi connectivity index (χ3n) is 3.43. The van der Waals surface area contributed by atoms with Gasteiger partial charge in [0, 0.05) is 12.1 Å². The molecule has 2 rings (SSSR count). The van der Waals surface area contributed by atoms with Gasteiger partial charge in [0.05, 0.1) is 11.8 Å². The van der Waals surface area contributed by atoms with Crippen LogP contribution in [-0.2, 0) is 11.2 Å². The summed E-state index contributed by atoms with van der Waals surface area (Å²) in [7, 11) is 0. The van der Waals surface area contributed by atoms with Crippen molar-refractivity contribution < 1.29 is 19.1 Å². The molecule has 0 radical (unpaired) electrons. The van der Waals surface area contributed by atoms with Crippen molar-refractivity contribution in [3.8, 4) is 0 Å². The molecule has 0 saturated carbocycles. The highest BCUT2D eigenvalue weighted by Crippen LogP contribution is 2.30. The molecule has 18 heavy (non-hydrogen) atoms. The predicted octanol–water partition coefficient (Wildman–Crippen LogP) is 1.92. The van der Waals surface area contributed by atoms with Crippen LogP contribution in [0.3, 0.4) is 0 Å². The van der Waals surface area contributed by atoms with Crippen LogP contribution < -0.4 is 0 Å². The highest BCUT2D eigenvalue weighted by Gasteiger charge is 2.37. The number of carbonyl (C=O) groups excluding carboxylic acids is 1. The van der Waals surface area contributed by atoms with Crippen molar-refractivity contribution in [3.63, 3.8) is 0 Å². The van der Waals surface area contributed by atoms with Crippen LogP contribution in [0.5, 0.6) is 0 Å². The van der Waals surface area contributed by atoms with Crippen LogP contribution in [0.1, 0.15) is 42.8 Å². The lowest BCUT2D eigenvalue weighted by molar-refractivity contribution is -0.136. The molecule has 1 N–H and O–H groups in total. The molecular weight excluding hydrogens is 234 g/mol. The second-order valence-electron chi connectivity index (χ2n) is 5.20. The van der Waals surface area contributed by atoms with Gasteiger partial charge in [-0.1, -0.05) is 0 Å². The Morgan fingerprint density at radius 3 is 2.78 bits per heavy atom. The Morgan fingerprint density at radius 1 is 1.50 bits per heavy atom. The summed E-state index contributed by atoms with van der Waals surface area (Å²) in [5, 5.41) is 8.77. The first-order valence-corrected chi connectivity index (χ1v) is 6.02. The van der Waals surface area contributed by atoms with E-state index < -0.39 is 5.97 Å². The molecule has 1 fully saturated rings. The van der Waals surface area contributed by atoms with E-state index in [1.807, 2.05) is 13.8 Å². The van der Waals surface area contributed by atoms with E-state index in [2.05, 4.69) is 0 Å². The second-order valence-corrected chi connectivity index (χ2v) is 5.20. The minimum atomic E-state index is -1.00. The molecule has 98 valence electrons. The summed E-state index contributed by atoms with van der Waals surface area (Å²) in [5.41, 5.74) is 0.196.